The number of hydrogen-bond acceptors (Lipinski definition) is 4. The van der Waals surface area contributed by atoms with Gasteiger partial charge in [0.05, 0.1) is 12.5 Å². The molecule has 0 radical (unpaired) electrons. The average molecular weight is 257 g/mol. The normalized spacial score (nSPS) is 18.9. The Morgan fingerprint density at radius 1 is 1.28 bits per heavy atom. The van der Waals surface area contributed by atoms with Crippen LogP contribution in [0.2, 0.25) is 0 Å². The molecule has 4 nitrogen and oxygen atoms in total. The fraction of sp³-hybridized carbons (Fsp3) is 0.929. The number of nitrogens with zero attached hydrogens (tertiary/aromatic N) is 1. The lowest BCUT2D eigenvalue weighted by molar-refractivity contribution is -0.155. The van der Waals surface area contributed by atoms with Crippen LogP contribution in [0.3, 0.4) is 0 Å². The van der Waals surface area contributed by atoms with Crippen molar-refractivity contribution in [2.24, 2.45) is 0 Å². The van der Waals surface area contributed by atoms with Gasteiger partial charge in [0.1, 0.15) is 5.60 Å². The van der Waals surface area contributed by atoms with Gasteiger partial charge in [-0.2, -0.15) is 0 Å². The first-order chi connectivity index (χ1) is 8.40. The maximum absolute atomic E-state index is 11.6. The summed E-state index contributed by atoms with van der Waals surface area (Å²) in [5.41, 5.74) is -0.376. The van der Waals surface area contributed by atoms with Crippen molar-refractivity contribution < 1.29 is 14.3 Å². The van der Waals surface area contributed by atoms with E-state index in [2.05, 4.69) is 4.90 Å². The summed E-state index contributed by atoms with van der Waals surface area (Å²) in [7, 11) is 0. The van der Waals surface area contributed by atoms with Crippen LogP contribution < -0.4 is 0 Å². The van der Waals surface area contributed by atoms with Gasteiger partial charge in [0.2, 0.25) is 0 Å². The fourth-order valence-electron chi connectivity index (χ4n) is 2.18. The third-order valence-corrected chi connectivity index (χ3v) is 2.99. The molecule has 0 unspecified atom stereocenters. The lowest BCUT2D eigenvalue weighted by Crippen LogP contribution is -2.38. The summed E-state index contributed by atoms with van der Waals surface area (Å²) >= 11 is 0. The van der Waals surface area contributed by atoms with Crippen LogP contribution in [0.5, 0.6) is 0 Å². The van der Waals surface area contributed by atoms with Crippen LogP contribution in [0.25, 0.3) is 0 Å². The van der Waals surface area contributed by atoms with E-state index in [4.69, 9.17) is 9.47 Å². The lowest BCUT2D eigenvalue weighted by atomic mass is 10.1. The van der Waals surface area contributed by atoms with E-state index in [0.29, 0.717) is 12.5 Å². The number of esters is 1. The van der Waals surface area contributed by atoms with E-state index >= 15 is 0 Å². The van der Waals surface area contributed by atoms with E-state index < -0.39 is 0 Å². The second kappa shape index (κ2) is 7.10. The lowest BCUT2D eigenvalue weighted by Gasteiger charge is -2.31. The van der Waals surface area contributed by atoms with Crippen LogP contribution in [0.1, 0.15) is 47.0 Å². The zero-order valence-corrected chi connectivity index (χ0v) is 12.2. The quantitative estimate of drug-likeness (QED) is 0.708. The summed E-state index contributed by atoms with van der Waals surface area (Å²) < 4.78 is 10.9. The molecule has 0 bridgehead atoms. The Morgan fingerprint density at radius 2 is 1.89 bits per heavy atom. The molecular weight excluding hydrogens is 230 g/mol. The number of piperidine rings is 1. The molecule has 1 fully saturated rings. The van der Waals surface area contributed by atoms with Crippen LogP contribution in [0.4, 0.5) is 0 Å². The Labute approximate surface area is 111 Å². The van der Waals surface area contributed by atoms with Gasteiger partial charge >= 0.3 is 5.97 Å². The standard InChI is InChI=1S/C14H27NO3/c1-5-17-12-6-9-15(10-7-12)11-8-13(16)18-14(2,3)4/h12H,5-11H2,1-4H3. The van der Waals surface area contributed by atoms with Crippen molar-refractivity contribution in [3.05, 3.63) is 0 Å². The maximum atomic E-state index is 11.6. The molecule has 0 atom stereocenters. The van der Waals surface area contributed by atoms with E-state index in [1.165, 1.54) is 0 Å². The highest BCUT2D eigenvalue weighted by molar-refractivity contribution is 5.70. The van der Waals surface area contributed by atoms with Crippen LogP contribution in [-0.2, 0) is 14.3 Å². The number of likely N-dealkylation sites (tertiary alicyclic amines) is 1. The van der Waals surface area contributed by atoms with Gasteiger partial charge in [0.25, 0.3) is 0 Å². The van der Waals surface area contributed by atoms with Crippen LogP contribution in [-0.4, -0.2) is 48.8 Å². The first-order valence-corrected chi connectivity index (χ1v) is 6.96. The number of carbonyl (C=O) groups is 1. The highest BCUT2D eigenvalue weighted by Crippen LogP contribution is 2.14. The van der Waals surface area contributed by atoms with Crippen molar-refractivity contribution in [2.45, 2.75) is 58.7 Å². The van der Waals surface area contributed by atoms with Gasteiger partial charge in [0, 0.05) is 26.2 Å². The molecule has 1 saturated heterocycles. The van der Waals surface area contributed by atoms with E-state index in [0.717, 1.165) is 39.1 Å². The van der Waals surface area contributed by atoms with Crippen molar-refractivity contribution in [3.8, 4) is 0 Å². The van der Waals surface area contributed by atoms with Gasteiger partial charge in [-0.25, -0.2) is 0 Å². The molecule has 4 heteroatoms. The molecule has 0 N–H and O–H groups in total. The summed E-state index contributed by atoms with van der Waals surface area (Å²) in [6.07, 6.45) is 3.04. The summed E-state index contributed by atoms with van der Waals surface area (Å²) in [5, 5.41) is 0. The molecule has 0 saturated carbocycles. The maximum Gasteiger partial charge on any atom is 0.307 e. The SMILES string of the molecule is CCOC1CCN(CCC(=O)OC(C)(C)C)CC1. The summed E-state index contributed by atoms with van der Waals surface area (Å²) in [5.74, 6) is -0.102. The Hall–Kier alpha value is -0.610. The van der Waals surface area contributed by atoms with Crippen molar-refractivity contribution in [1.82, 2.24) is 4.90 Å². The largest absolute Gasteiger partial charge is 0.460 e. The van der Waals surface area contributed by atoms with Crippen LogP contribution >= 0.6 is 0 Å². The molecule has 0 aromatic carbocycles. The molecular formula is C14H27NO3. The molecule has 1 aliphatic rings. The van der Waals surface area contributed by atoms with Crippen LogP contribution in [0.15, 0.2) is 0 Å². The molecule has 0 spiro atoms. The molecule has 18 heavy (non-hydrogen) atoms. The minimum atomic E-state index is -0.376. The van der Waals surface area contributed by atoms with E-state index in [-0.39, 0.29) is 11.6 Å². The number of ether oxygens (including phenoxy) is 2. The number of carbonyl (C=O) groups excluding carboxylic acids is 1. The average Bonchev–Trinajstić information content (AvgIpc) is 2.26. The van der Waals surface area contributed by atoms with Crippen molar-refractivity contribution in [2.75, 3.05) is 26.2 Å². The Kier molecular flexibility index (Phi) is 6.09. The van der Waals surface area contributed by atoms with Gasteiger partial charge in [0.15, 0.2) is 0 Å². The fourth-order valence-corrected chi connectivity index (χ4v) is 2.18. The van der Waals surface area contributed by atoms with E-state index in [1.807, 2.05) is 27.7 Å². The highest BCUT2D eigenvalue weighted by Gasteiger charge is 2.21. The van der Waals surface area contributed by atoms with Crippen molar-refractivity contribution in [1.29, 1.82) is 0 Å². The zero-order chi connectivity index (χ0) is 13.6. The molecule has 1 heterocycles. The zero-order valence-electron chi connectivity index (χ0n) is 12.2. The second-order valence-electron chi connectivity index (χ2n) is 5.83. The molecule has 0 aromatic rings. The molecule has 0 amide bonds. The smallest absolute Gasteiger partial charge is 0.307 e. The molecule has 0 aromatic heterocycles. The van der Waals surface area contributed by atoms with Crippen LogP contribution in [0, 0.1) is 0 Å². The predicted molar refractivity (Wildman–Crippen MR) is 71.6 cm³/mol. The van der Waals surface area contributed by atoms with Gasteiger partial charge < -0.3 is 14.4 Å². The van der Waals surface area contributed by atoms with Gasteiger partial charge in [-0.3, -0.25) is 4.79 Å². The molecule has 106 valence electrons. The molecule has 1 rings (SSSR count). The Bertz CT molecular complexity index is 252. The van der Waals surface area contributed by atoms with Gasteiger partial charge in [-0.05, 0) is 40.5 Å². The third kappa shape index (κ3) is 6.36. The summed E-state index contributed by atoms with van der Waals surface area (Å²) in [6, 6.07) is 0. The minimum absolute atomic E-state index is 0.102. The molecule has 0 aliphatic carbocycles. The first-order valence-electron chi connectivity index (χ1n) is 6.96. The number of hydrogen-bond donors (Lipinski definition) is 0. The van der Waals surface area contributed by atoms with Gasteiger partial charge in [-0.15, -0.1) is 0 Å². The topological polar surface area (TPSA) is 38.8 Å². The van der Waals surface area contributed by atoms with Gasteiger partial charge in [-0.1, -0.05) is 0 Å². The molecule has 1 aliphatic heterocycles. The summed E-state index contributed by atoms with van der Waals surface area (Å²) in [6.45, 7) is 11.4. The highest BCUT2D eigenvalue weighted by atomic mass is 16.6. The first kappa shape index (κ1) is 15.4. The monoisotopic (exact) mass is 257 g/mol. The van der Waals surface area contributed by atoms with Crippen molar-refractivity contribution in [3.63, 3.8) is 0 Å². The Balaban J connectivity index is 2.16. The second-order valence-corrected chi connectivity index (χ2v) is 5.83. The number of rotatable bonds is 5. The predicted octanol–water partition coefficient (Wildman–Crippen LogP) is 2.22. The van der Waals surface area contributed by atoms with E-state index in [9.17, 15) is 4.79 Å². The third-order valence-electron chi connectivity index (χ3n) is 2.99. The Morgan fingerprint density at radius 3 is 2.39 bits per heavy atom. The van der Waals surface area contributed by atoms with Crippen molar-refractivity contribution >= 4 is 5.97 Å². The van der Waals surface area contributed by atoms with E-state index in [1.54, 1.807) is 0 Å². The minimum Gasteiger partial charge on any atom is -0.460 e. The summed E-state index contributed by atoms with van der Waals surface area (Å²) in [4.78, 5) is 13.9.